The molecule has 1 rings (SSSR count). The highest BCUT2D eigenvalue weighted by Gasteiger charge is 2.19. The van der Waals surface area contributed by atoms with Crippen molar-refractivity contribution < 1.29 is 0 Å². The lowest BCUT2D eigenvalue weighted by molar-refractivity contribution is 0.474. The molecule has 0 spiro atoms. The Labute approximate surface area is 85.0 Å². The third-order valence-electron chi connectivity index (χ3n) is 2.65. The monoisotopic (exact) mass is 194 g/mol. The summed E-state index contributed by atoms with van der Waals surface area (Å²) in [6.45, 7) is 6.44. The minimum Gasteiger partial charge on any atom is -0.384 e. The number of hydrogen-bond donors (Lipinski definition) is 2. The molecule has 1 aromatic heterocycles. The summed E-state index contributed by atoms with van der Waals surface area (Å²) in [6, 6.07) is 1.68. The first-order chi connectivity index (χ1) is 6.59. The Kier molecular flexibility index (Phi) is 3.28. The molecule has 0 saturated heterocycles. The molecule has 78 valence electrons. The van der Waals surface area contributed by atoms with Crippen LogP contribution < -0.4 is 11.1 Å². The number of aromatic nitrogens is 2. The van der Waals surface area contributed by atoms with Crippen molar-refractivity contribution >= 4 is 11.8 Å². The van der Waals surface area contributed by atoms with Crippen molar-refractivity contribution in [3.63, 3.8) is 0 Å². The zero-order valence-corrected chi connectivity index (χ0v) is 9.04. The van der Waals surface area contributed by atoms with Gasteiger partial charge in [-0.2, -0.15) is 4.98 Å². The predicted molar refractivity (Wildman–Crippen MR) is 59.1 cm³/mol. The molecule has 0 aliphatic rings. The van der Waals surface area contributed by atoms with Gasteiger partial charge in [-0.25, -0.2) is 4.98 Å². The SMILES string of the molecule is CCC(C)(CC)Nc1nccc(N)n1. The van der Waals surface area contributed by atoms with Crippen molar-refractivity contribution in [2.24, 2.45) is 0 Å². The van der Waals surface area contributed by atoms with Crippen LogP contribution in [-0.4, -0.2) is 15.5 Å². The molecule has 1 heterocycles. The Hall–Kier alpha value is -1.32. The van der Waals surface area contributed by atoms with Crippen molar-refractivity contribution in [2.75, 3.05) is 11.1 Å². The van der Waals surface area contributed by atoms with Crippen LogP contribution in [0.25, 0.3) is 0 Å². The maximum absolute atomic E-state index is 5.57. The maximum Gasteiger partial charge on any atom is 0.225 e. The second kappa shape index (κ2) is 4.26. The predicted octanol–water partition coefficient (Wildman–Crippen LogP) is 2.05. The van der Waals surface area contributed by atoms with Crippen LogP contribution >= 0.6 is 0 Å². The zero-order valence-electron chi connectivity index (χ0n) is 9.04. The van der Waals surface area contributed by atoms with Gasteiger partial charge < -0.3 is 11.1 Å². The van der Waals surface area contributed by atoms with E-state index in [4.69, 9.17) is 5.73 Å². The third-order valence-corrected chi connectivity index (χ3v) is 2.65. The lowest BCUT2D eigenvalue weighted by Crippen LogP contribution is -2.33. The standard InChI is InChI=1S/C10H18N4/c1-4-10(3,5-2)14-9-12-7-6-8(11)13-9/h6-7H,4-5H2,1-3H3,(H3,11,12,13,14). The molecule has 0 atom stereocenters. The quantitative estimate of drug-likeness (QED) is 0.770. The minimum atomic E-state index is 0.0494. The molecule has 0 saturated carbocycles. The molecule has 0 amide bonds. The van der Waals surface area contributed by atoms with Crippen LogP contribution in [0.4, 0.5) is 11.8 Å². The van der Waals surface area contributed by atoms with Gasteiger partial charge in [0.2, 0.25) is 5.95 Å². The molecule has 14 heavy (non-hydrogen) atoms. The third kappa shape index (κ3) is 2.58. The fourth-order valence-corrected chi connectivity index (χ4v) is 1.13. The second-order valence-corrected chi connectivity index (χ2v) is 3.70. The molecule has 4 heteroatoms. The van der Waals surface area contributed by atoms with Gasteiger partial charge in [-0.05, 0) is 25.8 Å². The van der Waals surface area contributed by atoms with Gasteiger partial charge >= 0.3 is 0 Å². The molecular weight excluding hydrogens is 176 g/mol. The maximum atomic E-state index is 5.57. The molecule has 0 aliphatic carbocycles. The fourth-order valence-electron chi connectivity index (χ4n) is 1.13. The van der Waals surface area contributed by atoms with E-state index < -0.39 is 0 Å². The lowest BCUT2D eigenvalue weighted by Gasteiger charge is -2.28. The Morgan fingerprint density at radius 2 is 2.07 bits per heavy atom. The van der Waals surface area contributed by atoms with Crippen molar-refractivity contribution in [1.29, 1.82) is 0 Å². The molecule has 0 fully saturated rings. The van der Waals surface area contributed by atoms with Crippen molar-refractivity contribution in [2.45, 2.75) is 39.2 Å². The molecule has 0 unspecified atom stereocenters. The highest BCUT2D eigenvalue weighted by molar-refractivity contribution is 5.36. The van der Waals surface area contributed by atoms with Crippen LogP contribution in [-0.2, 0) is 0 Å². The van der Waals surface area contributed by atoms with Crippen LogP contribution in [0.2, 0.25) is 0 Å². The summed E-state index contributed by atoms with van der Waals surface area (Å²) in [6.07, 6.45) is 3.72. The van der Waals surface area contributed by atoms with E-state index in [0.29, 0.717) is 11.8 Å². The lowest BCUT2D eigenvalue weighted by atomic mass is 9.96. The molecule has 0 radical (unpaired) electrons. The zero-order chi connectivity index (χ0) is 10.6. The molecule has 0 aliphatic heterocycles. The minimum absolute atomic E-state index is 0.0494. The summed E-state index contributed by atoms with van der Waals surface area (Å²) < 4.78 is 0. The number of nitrogens with two attached hydrogens (primary N) is 1. The Balaban J connectivity index is 2.77. The van der Waals surface area contributed by atoms with E-state index in [2.05, 4.69) is 36.1 Å². The van der Waals surface area contributed by atoms with Crippen molar-refractivity contribution in [3.05, 3.63) is 12.3 Å². The summed E-state index contributed by atoms with van der Waals surface area (Å²) >= 11 is 0. The average molecular weight is 194 g/mol. The Morgan fingerprint density at radius 3 is 2.57 bits per heavy atom. The van der Waals surface area contributed by atoms with E-state index in [-0.39, 0.29) is 5.54 Å². The van der Waals surface area contributed by atoms with E-state index in [9.17, 15) is 0 Å². The molecule has 1 aromatic rings. The summed E-state index contributed by atoms with van der Waals surface area (Å²) in [5.74, 6) is 1.10. The molecule has 0 aromatic carbocycles. The highest BCUT2D eigenvalue weighted by atomic mass is 15.1. The van der Waals surface area contributed by atoms with Gasteiger partial charge in [0.1, 0.15) is 5.82 Å². The van der Waals surface area contributed by atoms with E-state index in [1.54, 1.807) is 12.3 Å². The van der Waals surface area contributed by atoms with Crippen molar-refractivity contribution in [1.82, 2.24) is 9.97 Å². The number of hydrogen-bond acceptors (Lipinski definition) is 4. The van der Waals surface area contributed by atoms with Crippen LogP contribution in [0, 0.1) is 0 Å². The first-order valence-electron chi connectivity index (χ1n) is 4.96. The highest BCUT2D eigenvalue weighted by Crippen LogP contribution is 2.19. The van der Waals surface area contributed by atoms with E-state index in [0.717, 1.165) is 12.8 Å². The van der Waals surface area contributed by atoms with Crippen molar-refractivity contribution in [3.8, 4) is 0 Å². The molecule has 3 N–H and O–H groups in total. The van der Waals surface area contributed by atoms with Gasteiger partial charge in [0.05, 0.1) is 0 Å². The average Bonchev–Trinajstić information content (AvgIpc) is 2.18. The number of rotatable bonds is 4. The summed E-state index contributed by atoms with van der Waals surface area (Å²) in [5, 5.41) is 3.29. The van der Waals surface area contributed by atoms with Gasteiger partial charge in [0.15, 0.2) is 0 Å². The van der Waals surface area contributed by atoms with E-state index >= 15 is 0 Å². The Bertz CT molecular complexity index is 294. The first-order valence-corrected chi connectivity index (χ1v) is 4.96. The normalized spacial score (nSPS) is 11.4. The number of anilines is 2. The van der Waals surface area contributed by atoms with Gasteiger partial charge in [0, 0.05) is 11.7 Å². The summed E-state index contributed by atoms with van der Waals surface area (Å²) in [5.41, 5.74) is 5.62. The number of nitrogen functional groups attached to an aromatic ring is 1. The largest absolute Gasteiger partial charge is 0.384 e. The van der Waals surface area contributed by atoms with E-state index in [1.807, 2.05) is 0 Å². The van der Waals surface area contributed by atoms with Gasteiger partial charge in [-0.15, -0.1) is 0 Å². The number of nitrogens with one attached hydrogen (secondary N) is 1. The summed E-state index contributed by atoms with van der Waals surface area (Å²) in [7, 11) is 0. The van der Waals surface area contributed by atoms with Gasteiger partial charge in [0.25, 0.3) is 0 Å². The smallest absolute Gasteiger partial charge is 0.225 e. The molecule has 0 bridgehead atoms. The van der Waals surface area contributed by atoms with Crippen LogP contribution in [0.5, 0.6) is 0 Å². The Morgan fingerprint density at radius 1 is 1.43 bits per heavy atom. The fraction of sp³-hybridized carbons (Fsp3) is 0.600. The van der Waals surface area contributed by atoms with Crippen LogP contribution in [0.3, 0.4) is 0 Å². The number of nitrogens with zero attached hydrogens (tertiary/aromatic N) is 2. The van der Waals surface area contributed by atoms with Crippen LogP contribution in [0.1, 0.15) is 33.6 Å². The van der Waals surface area contributed by atoms with Crippen LogP contribution in [0.15, 0.2) is 12.3 Å². The van der Waals surface area contributed by atoms with E-state index in [1.165, 1.54) is 0 Å². The van der Waals surface area contributed by atoms with Gasteiger partial charge in [-0.3, -0.25) is 0 Å². The first kappa shape index (κ1) is 10.8. The molecule has 4 nitrogen and oxygen atoms in total. The summed E-state index contributed by atoms with van der Waals surface area (Å²) in [4.78, 5) is 8.23. The topological polar surface area (TPSA) is 63.8 Å². The molecular formula is C10H18N4. The van der Waals surface area contributed by atoms with Gasteiger partial charge in [-0.1, -0.05) is 13.8 Å². The second-order valence-electron chi connectivity index (χ2n) is 3.70.